The van der Waals surface area contributed by atoms with Crippen molar-refractivity contribution in [1.82, 2.24) is 19.8 Å². The summed E-state index contributed by atoms with van der Waals surface area (Å²) in [5.74, 6) is 0.821. The molecule has 5 heteroatoms. The zero-order valence-corrected chi connectivity index (χ0v) is 9.98. The van der Waals surface area contributed by atoms with E-state index in [0.29, 0.717) is 0 Å². The molecule has 0 spiro atoms. The lowest BCUT2D eigenvalue weighted by Gasteiger charge is -2.31. The van der Waals surface area contributed by atoms with Gasteiger partial charge in [0.1, 0.15) is 5.82 Å². The summed E-state index contributed by atoms with van der Waals surface area (Å²) >= 11 is 0. The van der Waals surface area contributed by atoms with Gasteiger partial charge in [0.15, 0.2) is 0 Å². The van der Waals surface area contributed by atoms with Crippen LogP contribution in [0.2, 0.25) is 0 Å². The molecule has 0 aliphatic carbocycles. The van der Waals surface area contributed by atoms with E-state index in [4.69, 9.17) is 0 Å². The summed E-state index contributed by atoms with van der Waals surface area (Å²) in [4.78, 5) is 13.4. The van der Waals surface area contributed by atoms with E-state index in [2.05, 4.69) is 32.1 Å². The van der Waals surface area contributed by atoms with Crippen molar-refractivity contribution in [2.24, 2.45) is 0 Å². The van der Waals surface area contributed by atoms with E-state index in [0.717, 1.165) is 44.2 Å². The minimum Gasteiger partial charge on any atom is -0.372 e. The largest absolute Gasteiger partial charge is 0.372 e. The highest BCUT2D eigenvalue weighted by atomic mass is 15.2. The molecule has 16 heavy (non-hydrogen) atoms. The highest BCUT2D eigenvalue weighted by molar-refractivity contribution is 5.29. The van der Waals surface area contributed by atoms with Gasteiger partial charge in [-0.05, 0) is 7.05 Å². The molecule has 1 N–H and O–H groups in total. The maximum atomic E-state index is 4.38. The fraction of sp³-hybridized carbons (Fsp3) is 0.636. The first-order chi connectivity index (χ1) is 7.78. The van der Waals surface area contributed by atoms with Crippen molar-refractivity contribution in [2.75, 3.05) is 45.6 Å². The van der Waals surface area contributed by atoms with E-state index < -0.39 is 0 Å². The molecule has 0 saturated carbocycles. The molecule has 0 bridgehead atoms. The van der Waals surface area contributed by atoms with Gasteiger partial charge in [0, 0.05) is 39.8 Å². The van der Waals surface area contributed by atoms with Gasteiger partial charge in [-0.1, -0.05) is 0 Å². The third-order valence-corrected chi connectivity index (χ3v) is 2.94. The van der Waals surface area contributed by atoms with Crippen molar-refractivity contribution in [2.45, 2.75) is 6.54 Å². The number of likely N-dealkylation sites (N-methyl/N-ethyl adjacent to an activating group) is 1. The molecule has 0 atom stereocenters. The van der Waals surface area contributed by atoms with Crippen molar-refractivity contribution < 1.29 is 0 Å². The Morgan fingerprint density at radius 1 is 1.19 bits per heavy atom. The average molecular weight is 221 g/mol. The van der Waals surface area contributed by atoms with Crippen molar-refractivity contribution in [3.8, 4) is 0 Å². The second kappa shape index (κ2) is 5.23. The maximum absolute atomic E-state index is 4.38. The van der Waals surface area contributed by atoms with Crippen LogP contribution in [-0.2, 0) is 6.54 Å². The molecule has 5 nitrogen and oxygen atoms in total. The van der Waals surface area contributed by atoms with Crippen LogP contribution in [-0.4, -0.2) is 60.0 Å². The third-order valence-electron chi connectivity index (χ3n) is 2.94. The van der Waals surface area contributed by atoms with Crippen molar-refractivity contribution in [3.63, 3.8) is 0 Å². The summed E-state index contributed by atoms with van der Waals surface area (Å²) in [5, 5.41) is 2.97. The molecular weight excluding hydrogens is 202 g/mol. The summed E-state index contributed by atoms with van der Waals surface area (Å²) in [6.07, 6.45) is 3.63. The van der Waals surface area contributed by atoms with Crippen LogP contribution in [0, 0.1) is 0 Å². The Morgan fingerprint density at radius 2 is 1.94 bits per heavy atom. The third kappa shape index (κ3) is 2.90. The first-order valence-corrected chi connectivity index (χ1v) is 5.67. The number of anilines is 1. The number of hydrogen-bond acceptors (Lipinski definition) is 5. The van der Waals surface area contributed by atoms with E-state index in [1.54, 1.807) is 6.20 Å². The Balaban J connectivity index is 1.88. The molecule has 1 aliphatic heterocycles. The van der Waals surface area contributed by atoms with E-state index in [9.17, 15) is 0 Å². The Labute approximate surface area is 96.5 Å². The molecule has 0 unspecified atom stereocenters. The first kappa shape index (κ1) is 11.3. The minimum absolute atomic E-state index is 0.821. The van der Waals surface area contributed by atoms with Gasteiger partial charge in [0.05, 0.1) is 18.1 Å². The summed E-state index contributed by atoms with van der Waals surface area (Å²) < 4.78 is 0. The van der Waals surface area contributed by atoms with Crippen LogP contribution in [0.1, 0.15) is 5.69 Å². The summed E-state index contributed by atoms with van der Waals surface area (Å²) in [7, 11) is 4.02. The lowest BCUT2D eigenvalue weighted by Crippen LogP contribution is -2.44. The molecule has 1 aromatic heterocycles. The monoisotopic (exact) mass is 221 g/mol. The number of aromatic nitrogens is 2. The number of rotatable bonds is 3. The van der Waals surface area contributed by atoms with Gasteiger partial charge in [0.2, 0.25) is 0 Å². The number of piperazine rings is 1. The predicted molar refractivity (Wildman–Crippen MR) is 64.4 cm³/mol. The summed E-state index contributed by atoms with van der Waals surface area (Å²) in [5.41, 5.74) is 1.04. The quantitative estimate of drug-likeness (QED) is 0.793. The highest BCUT2D eigenvalue weighted by Crippen LogP contribution is 2.06. The smallest absolute Gasteiger partial charge is 0.144 e. The fourth-order valence-corrected chi connectivity index (χ4v) is 1.80. The van der Waals surface area contributed by atoms with Crippen LogP contribution < -0.4 is 5.32 Å². The maximum Gasteiger partial charge on any atom is 0.144 e. The van der Waals surface area contributed by atoms with Gasteiger partial charge in [-0.2, -0.15) is 0 Å². The van der Waals surface area contributed by atoms with Crippen LogP contribution in [0.5, 0.6) is 0 Å². The Hall–Kier alpha value is -1.20. The normalized spacial score (nSPS) is 18.6. The van der Waals surface area contributed by atoms with Gasteiger partial charge >= 0.3 is 0 Å². The molecule has 0 aromatic carbocycles. The summed E-state index contributed by atoms with van der Waals surface area (Å²) in [6, 6.07) is 0. The average Bonchev–Trinajstić information content (AvgIpc) is 2.33. The molecule has 2 heterocycles. The van der Waals surface area contributed by atoms with Gasteiger partial charge in [-0.3, -0.25) is 9.88 Å². The van der Waals surface area contributed by atoms with Crippen LogP contribution in [0.3, 0.4) is 0 Å². The van der Waals surface area contributed by atoms with Gasteiger partial charge < -0.3 is 10.2 Å². The van der Waals surface area contributed by atoms with E-state index in [-0.39, 0.29) is 0 Å². The Morgan fingerprint density at radius 3 is 2.50 bits per heavy atom. The molecule has 1 aromatic rings. The van der Waals surface area contributed by atoms with Crippen LogP contribution >= 0.6 is 0 Å². The van der Waals surface area contributed by atoms with Crippen LogP contribution in [0.4, 0.5) is 5.82 Å². The number of nitrogens with zero attached hydrogens (tertiary/aromatic N) is 4. The van der Waals surface area contributed by atoms with Crippen LogP contribution in [0.25, 0.3) is 0 Å². The van der Waals surface area contributed by atoms with E-state index in [1.807, 2.05) is 13.2 Å². The number of hydrogen-bond donors (Lipinski definition) is 1. The molecule has 1 fully saturated rings. The molecule has 0 radical (unpaired) electrons. The molecule has 88 valence electrons. The number of nitrogens with one attached hydrogen (secondary N) is 1. The lowest BCUT2D eigenvalue weighted by atomic mass is 10.3. The molecular formula is C11H19N5. The predicted octanol–water partition coefficient (Wildman–Crippen LogP) is 0.266. The Bertz CT molecular complexity index is 316. The van der Waals surface area contributed by atoms with Crippen molar-refractivity contribution in [1.29, 1.82) is 0 Å². The molecule has 2 rings (SSSR count). The van der Waals surface area contributed by atoms with Crippen molar-refractivity contribution in [3.05, 3.63) is 18.1 Å². The highest BCUT2D eigenvalue weighted by Gasteiger charge is 2.14. The Kier molecular flexibility index (Phi) is 3.69. The topological polar surface area (TPSA) is 44.3 Å². The second-order valence-electron chi connectivity index (χ2n) is 4.22. The van der Waals surface area contributed by atoms with Gasteiger partial charge in [-0.15, -0.1) is 0 Å². The fourth-order valence-electron chi connectivity index (χ4n) is 1.80. The molecule has 0 amide bonds. The zero-order valence-electron chi connectivity index (χ0n) is 9.98. The van der Waals surface area contributed by atoms with E-state index in [1.165, 1.54) is 0 Å². The first-order valence-electron chi connectivity index (χ1n) is 5.67. The lowest BCUT2D eigenvalue weighted by molar-refractivity contribution is 0.147. The van der Waals surface area contributed by atoms with Crippen molar-refractivity contribution >= 4 is 5.82 Å². The molecule has 1 saturated heterocycles. The molecule has 1 aliphatic rings. The van der Waals surface area contributed by atoms with Gasteiger partial charge in [0.25, 0.3) is 0 Å². The van der Waals surface area contributed by atoms with Crippen LogP contribution in [0.15, 0.2) is 12.4 Å². The SMILES string of the molecule is CNc1cnc(CN2CCN(C)CC2)cn1. The zero-order chi connectivity index (χ0) is 11.4. The summed E-state index contributed by atoms with van der Waals surface area (Å²) in [6.45, 7) is 5.42. The minimum atomic E-state index is 0.821. The standard InChI is InChI=1S/C11H19N5/c1-12-11-8-13-10(7-14-11)9-16-5-3-15(2)4-6-16/h7-8H,3-6,9H2,1-2H3,(H,12,14). The van der Waals surface area contributed by atoms with E-state index >= 15 is 0 Å². The van der Waals surface area contributed by atoms with Gasteiger partial charge in [-0.25, -0.2) is 4.98 Å². The second-order valence-corrected chi connectivity index (χ2v) is 4.22.